The Morgan fingerprint density at radius 2 is 2.29 bits per heavy atom. The molecular weight excluding hydrogens is 242 g/mol. The molecule has 1 heterocycles. The third-order valence-corrected chi connectivity index (χ3v) is 2.69. The van der Waals surface area contributed by atoms with Gasteiger partial charge in [-0.1, -0.05) is 15.9 Å². The summed E-state index contributed by atoms with van der Waals surface area (Å²) in [5, 5.41) is 0. The maximum atomic E-state index is 5.61. The zero-order chi connectivity index (χ0) is 10.1. The third kappa shape index (κ3) is 1.44. The van der Waals surface area contributed by atoms with Gasteiger partial charge in [-0.25, -0.2) is 4.98 Å². The van der Waals surface area contributed by atoms with Crippen molar-refractivity contribution in [3.8, 4) is 0 Å². The van der Waals surface area contributed by atoms with E-state index in [1.165, 1.54) is 0 Å². The van der Waals surface area contributed by atoms with Crippen LogP contribution in [0.3, 0.4) is 0 Å². The Bertz CT molecular complexity index is 462. The second kappa shape index (κ2) is 3.71. The first-order chi connectivity index (χ1) is 6.76. The van der Waals surface area contributed by atoms with Gasteiger partial charge in [0.1, 0.15) is 5.82 Å². The average Bonchev–Trinajstić information content (AvgIpc) is 2.54. The molecule has 0 aliphatic heterocycles. The van der Waals surface area contributed by atoms with Gasteiger partial charge in [0, 0.05) is 11.0 Å². The summed E-state index contributed by atoms with van der Waals surface area (Å²) in [7, 11) is 0. The minimum atomic E-state index is 0.446. The monoisotopic (exact) mass is 252 g/mol. The van der Waals surface area contributed by atoms with Gasteiger partial charge in [-0.05, 0) is 25.1 Å². The van der Waals surface area contributed by atoms with Gasteiger partial charge in [-0.3, -0.25) is 0 Å². The first kappa shape index (κ1) is 9.68. The molecule has 0 atom stereocenters. The van der Waals surface area contributed by atoms with E-state index in [0.29, 0.717) is 13.1 Å². The summed E-state index contributed by atoms with van der Waals surface area (Å²) in [6, 6.07) is 5.99. The quantitative estimate of drug-likeness (QED) is 0.890. The van der Waals surface area contributed by atoms with E-state index in [1.54, 1.807) is 0 Å². The largest absolute Gasteiger partial charge is 0.327 e. The number of aromatic nitrogens is 2. The summed E-state index contributed by atoms with van der Waals surface area (Å²) in [6.45, 7) is 4.97. The lowest BCUT2D eigenvalue weighted by atomic mass is 10.3. The Balaban J connectivity index is 2.74. The van der Waals surface area contributed by atoms with E-state index in [0.717, 1.165) is 21.3 Å². The summed E-state index contributed by atoms with van der Waals surface area (Å²) in [5.41, 5.74) is 7.65. The fraction of sp³-hybridized carbons (Fsp3) is 0.200. The van der Waals surface area contributed by atoms with Gasteiger partial charge < -0.3 is 10.3 Å². The highest BCUT2D eigenvalue weighted by Crippen LogP contribution is 2.20. The highest BCUT2D eigenvalue weighted by Gasteiger charge is 2.07. The summed E-state index contributed by atoms with van der Waals surface area (Å²) >= 11 is 3.43. The Hall–Kier alpha value is -0.870. The molecule has 0 amide bonds. The predicted molar refractivity (Wildman–Crippen MR) is 60.7 cm³/mol. The van der Waals surface area contributed by atoms with Gasteiger partial charge in [-0.15, -0.1) is 0 Å². The van der Waals surface area contributed by atoms with Crippen molar-refractivity contribution >= 4 is 27.0 Å². The van der Waals surface area contributed by atoms with Gasteiger partial charge in [0.15, 0.2) is 0 Å². The molecule has 0 aliphatic rings. The van der Waals surface area contributed by atoms with E-state index in [9.17, 15) is 0 Å². The first-order valence-corrected chi connectivity index (χ1v) is 5.19. The molecule has 1 radical (unpaired) electrons. The summed E-state index contributed by atoms with van der Waals surface area (Å²) in [5.74, 6) is 0.883. The number of fused-ring (bicyclic) bond motifs is 1. The standard InChI is InChI=1S/C10H11BrN3/c1-2-14-9-5-7(11)3-4-8(9)13-10(14)6-12/h3-5H,1-2,6,12H2. The number of imidazole rings is 1. The first-order valence-electron chi connectivity index (χ1n) is 4.40. The number of rotatable bonds is 2. The lowest BCUT2D eigenvalue weighted by Crippen LogP contribution is -2.07. The lowest BCUT2D eigenvalue weighted by molar-refractivity contribution is 0.756. The molecule has 0 aliphatic carbocycles. The zero-order valence-electron chi connectivity index (χ0n) is 7.70. The van der Waals surface area contributed by atoms with E-state index in [2.05, 4.69) is 27.8 Å². The van der Waals surface area contributed by atoms with Crippen molar-refractivity contribution in [1.29, 1.82) is 0 Å². The van der Waals surface area contributed by atoms with Crippen molar-refractivity contribution in [2.45, 2.75) is 13.1 Å². The van der Waals surface area contributed by atoms with Crippen LogP contribution in [0, 0.1) is 6.92 Å². The zero-order valence-corrected chi connectivity index (χ0v) is 9.29. The molecule has 0 unspecified atom stereocenters. The van der Waals surface area contributed by atoms with Crippen LogP contribution in [-0.4, -0.2) is 9.55 Å². The van der Waals surface area contributed by atoms with Crippen molar-refractivity contribution in [2.24, 2.45) is 5.73 Å². The van der Waals surface area contributed by atoms with Crippen molar-refractivity contribution in [3.63, 3.8) is 0 Å². The number of nitrogens with zero attached hydrogens (tertiary/aromatic N) is 2. The second-order valence-corrected chi connectivity index (χ2v) is 3.93. The molecule has 0 fully saturated rings. The minimum absolute atomic E-state index is 0.446. The molecule has 0 bridgehead atoms. The molecule has 3 nitrogen and oxygen atoms in total. The molecule has 4 heteroatoms. The fourth-order valence-corrected chi connectivity index (χ4v) is 1.90. The lowest BCUT2D eigenvalue weighted by Gasteiger charge is -2.03. The van der Waals surface area contributed by atoms with Gasteiger partial charge in [-0.2, -0.15) is 0 Å². The van der Waals surface area contributed by atoms with Crippen LogP contribution in [0.5, 0.6) is 0 Å². The number of halogens is 1. The molecule has 1 aromatic carbocycles. The summed E-state index contributed by atoms with van der Waals surface area (Å²) < 4.78 is 3.07. The van der Waals surface area contributed by atoms with Gasteiger partial charge in [0.25, 0.3) is 0 Å². The maximum Gasteiger partial charge on any atom is 0.123 e. The Labute approximate surface area is 91.1 Å². The summed E-state index contributed by atoms with van der Waals surface area (Å²) in [6.07, 6.45) is 0. The highest BCUT2D eigenvalue weighted by atomic mass is 79.9. The topological polar surface area (TPSA) is 43.8 Å². The number of nitrogens with two attached hydrogens (primary N) is 1. The number of hydrogen-bond acceptors (Lipinski definition) is 2. The Kier molecular flexibility index (Phi) is 2.56. The highest BCUT2D eigenvalue weighted by molar-refractivity contribution is 9.10. The van der Waals surface area contributed by atoms with Crippen LogP contribution in [0.2, 0.25) is 0 Å². The minimum Gasteiger partial charge on any atom is -0.327 e. The second-order valence-electron chi connectivity index (χ2n) is 3.02. The molecule has 73 valence electrons. The van der Waals surface area contributed by atoms with Crippen LogP contribution in [0.25, 0.3) is 11.0 Å². The SMILES string of the molecule is [CH2]Cn1c(CN)nc2ccc(Br)cc21. The molecule has 2 rings (SSSR count). The van der Waals surface area contributed by atoms with E-state index in [4.69, 9.17) is 5.73 Å². The van der Waals surface area contributed by atoms with Crippen LogP contribution in [-0.2, 0) is 13.1 Å². The molecule has 2 N–H and O–H groups in total. The smallest absolute Gasteiger partial charge is 0.123 e. The van der Waals surface area contributed by atoms with E-state index >= 15 is 0 Å². The molecule has 2 aromatic rings. The molecule has 14 heavy (non-hydrogen) atoms. The van der Waals surface area contributed by atoms with Crippen LogP contribution >= 0.6 is 15.9 Å². The van der Waals surface area contributed by atoms with Crippen molar-refractivity contribution in [3.05, 3.63) is 35.4 Å². The van der Waals surface area contributed by atoms with Crippen molar-refractivity contribution < 1.29 is 0 Å². The molecule has 0 spiro atoms. The molecule has 0 saturated carbocycles. The summed E-state index contributed by atoms with van der Waals surface area (Å²) in [4.78, 5) is 4.42. The van der Waals surface area contributed by atoms with Crippen LogP contribution in [0.4, 0.5) is 0 Å². The van der Waals surface area contributed by atoms with Gasteiger partial charge in [0.05, 0.1) is 17.6 Å². The Morgan fingerprint density at radius 1 is 1.50 bits per heavy atom. The normalized spacial score (nSPS) is 11.1. The number of hydrogen-bond donors (Lipinski definition) is 1. The number of benzene rings is 1. The van der Waals surface area contributed by atoms with Crippen molar-refractivity contribution in [1.82, 2.24) is 9.55 Å². The van der Waals surface area contributed by atoms with E-state index in [-0.39, 0.29) is 0 Å². The third-order valence-electron chi connectivity index (χ3n) is 2.20. The van der Waals surface area contributed by atoms with Crippen LogP contribution in [0.15, 0.2) is 22.7 Å². The fourth-order valence-electron chi connectivity index (χ4n) is 1.55. The Morgan fingerprint density at radius 3 is 2.93 bits per heavy atom. The average molecular weight is 253 g/mol. The van der Waals surface area contributed by atoms with Crippen LogP contribution < -0.4 is 5.73 Å². The van der Waals surface area contributed by atoms with E-state index in [1.807, 2.05) is 22.8 Å². The molecule has 1 aromatic heterocycles. The molecule has 0 saturated heterocycles. The van der Waals surface area contributed by atoms with Gasteiger partial charge >= 0.3 is 0 Å². The van der Waals surface area contributed by atoms with Crippen molar-refractivity contribution in [2.75, 3.05) is 0 Å². The van der Waals surface area contributed by atoms with Crippen LogP contribution in [0.1, 0.15) is 5.82 Å². The predicted octanol–water partition coefficient (Wildman–Crippen LogP) is 2.09. The maximum absolute atomic E-state index is 5.61. The molecular formula is C10H11BrN3. The van der Waals surface area contributed by atoms with E-state index < -0.39 is 0 Å². The van der Waals surface area contributed by atoms with Gasteiger partial charge in [0.2, 0.25) is 0 Å².